The number of aryl methyl sites for hydroxylation is 2. The Morgan fingerprint density at radius 1 is 1.21 bits per heavy atom. The van der Waals surface area contributed by atoms with E-state index in [4.69, 9.17) is 5.73 Å². The minimum absolute atomic E-state index is 0.283. The van der Waals surface area contributed by atoms with Crippen LogP contribution >= 0.6 is 0 Å². The fourth-order valence-electron chi connectivity index (χ4n) is 1.47. The van der Waals surface area contributed by atoms with Gasteiger partial charge in [0.25, 0.3) is 0 Å². The zero-order valence-electron chi connectivity index (χ0n) is 9.54. The normalized spacial score (nSPS) is 11.6. The average molecular weight is 195 g/mol. The third kappa shape index (κ3) is 3.13. The largest absolute Gasteiger partial charge is 0.387 e. The van der Waals surface area contributed by atoms with Gasteiger partial charge in [0.05, 0.1) is 6.10 Å². The predicted molar refractivity (Wildman–Crippen MR) is 61.3 cm³/mol. The molecule has 0 fully saturated rings. The first kappa shape index (κ1) is 13.1. The van der Waals surface area contributed by atoms with Gasteiger partial charge in [-0.1, -0.05) is 32.0 Å². The Kier molecular flexibility index (Phi) is 6.17. The standard InChI is InChI=1S/C10H15NO.C2H6/c1-7-4-3-5-8(2)10(7)9(12)6-11;1-2/h3-5,9,12H,6,11H2,1-2H3;1-2H3. The Balaban J connectivity index is 0.000000791. The molecule has 0 aliphatic rings. The zero-order valence-corrected chi connectivity index (χ0v) is 9.54. The molecule has 2 heteroatoms. The van der Waals surface area contributed by atoms with E-state index >= 15 is 0 Å². The number of benzene rings is 1. The van der Waals surface area contributed by atoms with Crippen molar-refractivity contribution >= 4 is 0 Å². The van der Waals surface area contributed by atoms with Gasteiger partial charge in [-0.2, -0.15) is 0 Å². The molecule has 1 unspecified atom stereocenters. The van der Waals surface area contributed by atoms with Crippen molar-refractivity contribution in [3.05, 3.63) is 34.9 Å². The zero-order chi connectivity index (χ0) is 11.1. The molecule has 3 N–H and O–H groups in total. The van der Waals surface area contributed by atoms with Crippen molar-refractivity contribution in [3.63, 3.8) is 0 Å². The van der Waals surface area contributed by atoms with Gasteiger partial charge in [0, 0.05) is 6.54 Å². The smallest absolute Gasteiger partial charge is 0.0917 e. The highest BCUT2D eigenvalue weighted by molar-refractivity contribution is 5.35. The lowest BCUT2D eigenvalue weighted by Gasteiger charge is -2.14. The van der Waals surface area contributed by atoms with E-state index < -0.39 is 6.10 Å². The maximum Gasteiger partial charge on any atom is 0.0917 e. The number of aliphatic hydroxyl groups excluding tert-OH is 1. The van der Waals surface area contributed by atoms with Gasteiger partial charge >= 0.3 is 0 Å². The SMILES string of the molecule is CC.Cc1cccc(C)c1C(O)CN. The molecule has 0 spiro atoms. The molecule has 0 radical (unpaired) electrons. The van der Waals surface area contributed by atoms with Gasteiger partial charge in [0.1, 0.15) is 0 Å². The first-order chi connectivity index (χ1) is 6.66. The molecule has 0 aromatic heterocycles. The molecule has 1 rings (SSSR count). The summed E-state index contributed by atoms with van der Waals surface area (Å²) in [4.78, 5) is 0. The average Bonchev–Trinajstić information content (AvgIpc) is 2.20. The Morgan fingerprint density at radius 3 is 2.00 bits per heavy atom. The van der Waals surface area contributed by atoms with E-state index in [1.54, 1.807) is 0 Å². The first-order valence-electron chi connectivity index (χ1n) is 5.11. The molecule has 1 atom stereocenters. The van der Waals surface area contributed by atoms with Crippen molar-refractivity contribution < 1.29 is 5.11 Å². The minimum Gasteiger partial charge on any atom is -0.387 e. The van der Waals surface area contributed by atoms with Crippen molar-refractivity contribution in [2.24, 2.45) is 5.73 Å². The van der Waals surface area contributed by atoms with Crippen LogP contribution in [0.25, 0.3) is 0 Å². The maximum atomic E-state index is 9.57. The van der Waals surface area contributed by atoms with Gasteiger partial charge in [0.15, 0.2) is 0 Å². The second-order valence-corrected chi connectivity index (χ2v) is 3.06. The molecule has 80 valence electrons. The molecular formula is C12H21NO. The highest BCUT2D eigenvalue weighted by Gasteiger charge is 2.09. The minimum atomic E-state index is -0.522. The lowest BCUT2D eigenvalue weighted by molar-refractivity contribution is 0.185. The molecule has 14 heavy (non-hydrogen) atoms. The second-order valence-electron chi connectivity index (χ2n) is 3.06. The quantitative estimate of drug-likeness (QED) is 0.760. The molecular weight excluding hydrogens is 174 g/mol. The molecule has 1 aromatic rings. The van der Waals surface area contributed by atoms with Gasteiger partial charge in [-0.25, -0.2) is 0 Å². The van der Waals surface area contributed by atoms with Crippen LogP contribution in [0.4, 0.5) is 0 Å². The summed E-state index contributed by atoms with van der Waals surface area (Å²) in [7, 11) is 0. The molecule has 0 saturated carbocycles. The highest BCUT2D eigenvalue weighted by Crippen LogP contribution is 2.20. The summed E-state index contributed by atoms with van der Waals surface area (Å²) in [5.74, 6) is 0. The molecule has 0 heterocycles. The summed E-state index contributed by atoms with van der Waals surface area (Å²) < 4.78 is 0. The molecule has 0 amide bonds. The van der Waals surface area contributed by atoms with E-state index in [0.29, 0.717) is 0 Å². The van der Waals surface area contributed by atoms with Crippen LogP contribution in [0.1, 0.15) is 36.6 Å². The van der Waals surface area contributed by atoms with Gasteiger partial charge in [-0.15, -0.1) is 0 Å². The van der Waals surface area contributed by atoms with E-state index in [9.17, 15) is 5.11 Å². The van der Waals surface area contributed by atoms with Crippen molar-refractivity contribution in [2.45, 2.75) is 33.8 Å². The van der Waals surface area contributed by atoms with E-state index in [0.717, 1.165) is 16.7 Å². The Morgan fingerprint density at radius 2 is 1.64 bits per heavy atom. The van der Waals surface area contributed by atoms with Crippen LogP contribution in [-0.4, -0.2) is 11.7 Å². The van der Waals surface area contributed by atoms with E-state index in [1.165, 1.54) is 0 Å². The molecule has 0 bridgehead atoms. The fraction of sp³-hybridized carbons (Fsp3) is 0.500. The van der Waals surface area contributed by atoms with Crippen molar-refractivity contribution in [3.8, 4) is 0 Å². The number of aliphatic hydroxyl groups is 1. The number of nitrogens with two attached hydrogens (primary N) is 1. The summed E-state index contributed by atoms with van der Waals surface area (Å²) in [5.41, 5.74) is 8.57. The van der Waals surface area contributed by atoms with E-state index in [-0.39, 0.29) is 6.54 Å². The molecule has 0 aliphatic carbocycles. The second kappa shape index (κ2) is 6.57. The Hall–Kier alpha value is -0.860. The number of hydrogen-bond acceptors (Lipinski definition) is 2. The fourth-order valence-corrected chi connectivity index (χ4v) is 1.47. The van der Waals surface area contributed by atoms with Crippen LogP contribution in [-0.2, 0) is 0 Å². The van der Waals surface area contributed by atoms with E-state index in [1.807, 2.05) is 45.9 Å². The predicted octanol–water partition coefficient (Wildman–Crippen LogP) is 2.32. The Labute approximate surface area is 86.8 Å². The number of hydrogen-bond donors (Lipinski definition) is 2. The van der Waals surface area contributed by atoms with Gasteiger partial charge in [-0.3, -0.25) is 0 Å². The summed E-state index contributed by atoms with van der Waals surface area (Å²) >= 11 is 0. The first-order valence-corrected chi connectivity index (χ1v) is 5.11. The summed E-state index contributed by atoms with van der Waals surface area (Å²) in [6.07, 6.45) is -0.522. The Bertz CT molecular complexity index is 251. The topological polar surface area (TPSA) is 46.2 Å². The molecule has 2 nitrogen and oxygen atoms in total. The van der Waals surface area contributed by atoms with Gasteiger partial charge in [-0.05, 0) is 30.5 Å². The van der Waals surface area contributed by atoms with Crippen LogP contribution in [0.5, 0.6) is 0 Å². The van der Waals surface area contributed by atoms with E-state index in [2.05, 4.69) is 0 Å². The lowest BCUT2D eigenvalue weighted by atomic mass is 9.98. The molecule has 1 aromatic carbocycles. The van der Waals surface area contributed by atoms with Crippen molar-refractivity contribution in [2.75, 3.05) is 6.54 Å². The van der Waals surface area contributed by atoms with Crippen molar-refractivity contribution in [1.82, 2.24) is 0 Å². The summed E-state index contributed by atoms with van der Waals surface area (Å²) in [5, 5.41) is 9.57. The van der Waals surface area contributed by atoms with Crippen LogP contribution in [0.2, 0.25) is 0 Å². The molecule has 0 aliphatic heterocycles. The van der Waals surface area contributed by atoms with Gasteiger partial charge < -0.3 is 10.8 Å². The van der Waals surface area contributed by atoms with Crippen LogP contribution < -0.4 is 5.73 Å². The van der Waals surface area contributed by atoms with Crippen LogP contribution in [0.15, 0.2) is 18.2 Å². The van der Waals surface area contributed by atoms with Gasteiger partial charge in [0.2, 0.25) is 0 Å². The summed E-state index contributed by atoms with van der Waals surface area (Å²) in [6.45, 7) is 8.26. The van der Waals surface area contributed by atoms with Crippen LogP contribution in [0, 0.1) is 13.8 Å². The maximum absolute atomic E-state index is 9.57. The molecule has 0 saturated heterocycles. The monoisotopic (exact) mass is 195 g/mol. The third-order valence-electron chi connectivity index (χ3n) is 2.10. The summed E-state index contributed by atoms with van der Waals surface area (Å²) in [6, 6.07) is 5.96. The van der Waals surface area contributed by atoms with Crippen LogP contribution in [0.3, 0.4) is 0 Å². The number of rotatable bonds is 2. The van der Waals surface area contributed by atoms with Crippen molar-refractivity contribution in [1.29, 1.82) is 0 Å². The lowest BCUT2D eigenvalue weighted by Crippen LogP contribution is -2.13. The highest BCUT2D eigenvalue weighted by atomic mass is 16.3. The third-order valence-corrected chi connectivity index (χ3v) is 2.10.